The Morgan fingerprint density at radius 2 is 2.33 bits per heavy atom. The molecule has 0 aliphatic heterocycles. The van der Waals surface area contributed by atoms with E-state index in [-0.39, 0.29) is 5.82 Å². The summed E-state index contributed by atoms with van der Waals surface area (Å²) in [5, 5.41) is 6.51. The molecular weight excluding hydrogens is 199 g/mol. The first-order chi connectivity index (χ1) is 7.25. The Morgan fingerprint density at radius 3 is 3.07 bits per heavy atom. The van der Waals surface area contributed by atoms with Gasteiger partial charge in [0.2, 0.25) is 6.39 Å². The van der Waals surface area contributed by atoms with Crippen LogP contribution in [0.25, 0.3) is 0 Å². The van der Waals surface area contributed by atoms with Crippen molar-refractivity contribution >= 4 is 11.4 Å². The third kappa shape index (κ3) is 2.22. The molecule has 0 fully saturated rings. The molecule has 1 aromatic heterocycles. The quantitative estimate of drug-likeness (QED) is 0.745. The number of hydrogen-bond donors (Lipinski definition) is 2. The average molecular weight is 208 g/mol. The average Bonchev–Trinajstić information content (AvgIpc) is 2.72. The maximum Gasteiger partial charge on any atom is 0.213 e. The Hall–Kier alpha value is -2.11. The number of nitrogens with one attached hydrogen (secondary N) is 1. The van der Waals surface area contributed by atoms with Gasteiger partial charge in [0.1, 0.15) is 5.82 Å². The van der Waals surface area contributed by atoms with Crippen LogP contribution < -0.4 is 11.1 Å². The van der Waals surface area contributed by atoms with Crippen LogP contribution in [0.5, 0.6) is 0 Å². The molecule has 0 saturated carbocycles. The summed E-state index contributed by atoms with van der Waals surface area (Å²) in [4.78, 5) is 3.81. The number of anilines is 2. The van der Waals surface area contributed by atoms with E-state index in [4.69, 9.17) is 5.73 Å². The highest BCUT2D eigenvalue weighted by Crippen LogP contribution is 2.19. The number of aromatic nitrogens is 2. The fourth-order valence-corrected chi connectivity index (χ4v) is 1.13. The lowest BCUT2D eigenvalue weighted by Gasteiger charge is -2.06. The van der Waals surface area contributed by atoms with E-state index in [1.165, 1.54) is 24.6 Å². The summed E-state index contributed by atoms with van der Waals surface area (Å²) in [7, 11) is 0. The Labute approximate surface area is 85.1 Å². The van der Waals surface area contributed by atoms with Crippen molar-refractivity contribution in [3.63, 3.8) is 0 Å². The number of halogens is 1. The van der Waals surface area contributed by atoms with Crippen LogP contribution >= 0.6 is 0 Å². The van der Waals surface area contributed by atoms with Crippen molar-refractivity contribution < 1.29 is 8.91 Å². The molecule has 0 amide bonds. The molecule has 0 bridgehead atoms. The molecule has 3 N–H and O–H groups in total. The minimum absolute atomic E-state index is 0.337. The second kappa shape index (κ2) is 3.95. The van der Waals surface area contributed by atoms with Crippen molar-refractivity contribution in [3.8, 4) is 0 Å². The van der Waals surface area contributed by atoms with Gasteiger partial charge in [-0.05, 0) is 18.2 Å². The van der Waals surface area contributed by atoms with Crippen molar-refractivity contribution in [2.24, 2.45) is 0 Å². The monoisotopic (exact) mass is 208 g/mol. The third-order valence-electron chi connectivity index (χ3n) is 1.86. The Balaban J connectivity index is 2.07. The van der Waals surface area contributed by atoms with Gasteiger partial charge in [-0.25, -0.2) is 4.39 Å². The summed E-state index contributed by atoms with van der Waals surface area (Å²) in [6, 6.07) is 4.11. The molecule has 0 radical (unpaired) electrons. The van der Waals surface area contributed by atoms with Crippen LogP contribution in [0.2, 0.25) is 0 Å². The minimum Gasteiger partial charge on any atom is -0.397 e. The molecule has 2 aromatic rings. The maximum atomic E-state index is 12.9. The zero-order valence-electron chi connectivity index (χ0n) is 7.77. The lowest BCUT2D eigenvalue weighted by Crippen LogP contribution is -2.04. The molecule has 6 heteroatoms. The molecular formula is C9H9FN4O. The highest BCUT2D eigenvalue weighted by Gasteiger charge is 2.02. The summed E-state index contributed by atoms with van der Waals surface area (Å²) in [6.45, 7) is 0.337. The first-order valence-electron chi connectivity index (χ1n) is 4.30. The van der Waals surface area contributed by atoms with Crippen molar-refractivity contribution in [3.05, 3.63) is 36.2 Å². The highest BCUT2D eigenvalue weighted by atomic mass is 19.1. The van der Waals surface area contributed by atoms with Crippen molar-refractivity contribution in [1.82, 2.24) is 10.1 Å². The van der Waals surface area contributed by atoms with E-state index in [1.54, 1.807) is 0 Å². The second-order valence-corrected chi connectivity index (χ2v) is 2.93. The van der Waals surface area contributed by atoms with Crippen molar-refractivity contribution in [2.75, 3.05) is 11.1 Å². The Bertz CT molecular complexity index is 443. The van der Waals surface area contributed by atoms with Gasteiger partial charge in [0.15, 0.2) is 5.82 Å². The van der Waals surface area contributed by atoms with Gasteiger partial charge >= 0.3 is 0 Å². The number of benzene rings is 1. The molecule has 0 unspecified atom stereocenters. The smallest absolute Gasteiger partial charge is 0.213 e. The topological polar surface area (TPSA) is 77.0 Å². The molecule has 1 aromatic carbocycles. The fourth-order valence-electron chi connectivity index (χ4n) is 1.13. The van der Waals surface area contributed by atoms with E-state index in [1.807, 2.05) is 0 Å². The van der Waals surface area contributed by atoms with Crippen LogP contribution in [0.15, 0.2) is 29.1 Å². The predicted molar refractivity (Wildman–Crippen MR) is 52.4 cm³/mol. The number of rotatable bonds is 3. The summed E-state index contributed by atoms with van der Waals surface area (Å²) in [5.41, 5.74) is 6.62. The van der Waals surface area contributed by atoms with E-state index in [2.05, 4.69) is 20.0 Å². The SMILES string of the molecule is Nc1ccc(F)cc1NCc1ncon1. The van der Waals surface area contributed by atoms with Crippen LogP contribution in [0, 0.1) is 5.82 Å². The van der Waals surface area contributed by atoms with Gasteiger partial charge in [0.05, 0.1) is 17.9 Å². The molecule has 0 aliphatic carbocycles. The lowest BCUT2D eigenvalue weighted by molar-refractivity contribution is 0.411. The number of nitrogen functional groups attached to an aromatic ring is 1. The summed E-state index contributed by atoms with van der Waals surface area (Å²) >= 11 is 0. The first-order valence-corrected chi connectivity index (χ1v) is 4.30. The molecule has 1 heterocycles. The van der Waals surface area contributed by atoms with Gasteiger partial charge in [-0.15, -0.1) is 0 Å². The van der Waals surface area contributed by atoms with Crippen LogP contribution in [0.1, 0.15) is 5.82 Å². The molecule has 5 nitrogen and oxygen atoms in total. The molecule has 78 valence electrons. The molecule has 0 spiro atoms. The van der Waals surface area contributed by atoms with Crippen LogP contribution in [-0.4, -0.2) is 10.1 Å². The standard InChI is InChI=1S/C9H9FN4O/c10-6-1-2-7(11)8(3-6)12-4-9-13-5-15-14-9/h1-3,5,12H,4,11H2. The van der Waals surface area contributed by atoms with Gasteiger partial charge in [-0.1, -0.05) is 5.16 Å². The second-order valence-electron chi connectivity index (χ2n) is 2.93. The van der Waals surface area contributed by atoms with Crippen molar-refractivity contribution in [1.29, 1.82) is 0 Å². The fraction of sp³-hybridized carbons (Fsp3) is 0.111. The zero-order valence-corrected chi connectivity index (χ0v) is 7.77. The third-order valence-corrected chi connectivity index (χ3v) is 1.86. The van der Waals surface area contributed by atoms with Gasteiger partial charge in [0, 0.05) is 0 Å². The van der Waals surface area contributed by atoms with Crippen LogP contribution in [0.4, 0.5) is 15.8 Å². The van der Waals surface area contributed by atoms with Gasteiger partial charge < -0.3 is 15.6 Å². The number of nitrogens with two attached hydrogens (primary N) is 1. The predicted octanol–water partition coefficient (Wildman–Crippen LogP) is 1.40. The van der Waals surface area contributed by atoms with Gasteiger partial charge in [-0.2, -0.15) is 4.98 Å². The summed E-state index contributed by atoms with van der Waals surface area (Å²) < 4.78 is 17.4. The zero-order chi connectivity index (χ0) is 10.7. The first kappa shape index (κ1) is 9.45. The largest absolute Gasteiger partial charge is 0.397 e. The highest BCUT2D eigenvalue weighted by molar-refractivity contribution is 5.65. The molecule has 0 aliphatic rings. The Morgan fingerprint density at radius 1 is 1.47 bits per heavy atom. The normalized spacial score (nSPS) is 10.2. The lowest BCUT2D eigenvalue weighted by atomic mass is 10.2. The summed E-state index contributed by atoms with van der Waals surface area (Å²) in [6.07, 6.45) is 1.23. The molecule has 2 rings (SSSR count). The number of hydrogen-bond acceptors (Lipinski definition) is 5. The maximum absolute atomic E-state index is 12.9. The molecule has 15 heavy (non-hydrogen) atoms. The van der Waals surface area contributed by atoms with Crippen LogP contribution in [-0.2, 0) is 6.54 Å². The van der Waals surface area contributed by atoms with E-state index in [9.17, 15) is 4.39 Å². The molecule has 0 saturated heterocycles. The van der Waals surface area contributed by atoms with Gasteiger partial charge in [-0.3, -0.25) is 0 Å². The number of nitrogens with zero attached hydrogens (tertiary/aromatic N) is 2. The summed E-state index contributed by atoms with van der Waals surface area (Å²) in [5.74, 6) is 0.137. The Kier molecular flexibility index (Phi) is 2.49. The van der Waals surface area contributed by atoms with Crippen LogP contribution in [0.3, 0.4) is 0 Å². The van der Waals surface area contributed by atoms with E-state index in [0.29, 0.717) is 23.7 Å². The van der Waals surface area contributed by atoms with E-state index in [0.717, 1.165) is 0 Å². The van der Waals surface area contributed by atoms with Gasteiger partial charge in [0.25, 0.3) is 0 Å². The molecule has 0 atom stereocenters. The minimum atomic E-state index is -0.347. The van der Waals surface area contributed by atoms with Crippen molar-refractivity contribution in [2.45, 2.75) is 6.54 Å². The van der Waals surface area contributed by atoms with E-state index >= 15 is 0 Å². The van der Waals surface area contributed by atoms with E-state index < -0.39 is 0 Å².